The lowest BCUT2D eigenvalue weighted by Crippen LogP contribution is -2.41. The summed E-state index contributed by atoms with van der Waals surface area (Å²) in [5.41, 5.74) is 2.13. The van der Waals surface area contributed by atoms with Crippen LogP contribution in [0.25, 0.3) is 0 Å². The number of benzene rings is 2. The first kappa shape index (κ1) is 25.9. The van der Waals surface area contributed by atoms with Crippen molar-refractivity contribution in [1.82, 2.24) is 9.21 Å². The van der Waals surface area contributed by atoms with Crippen molar-refractivity contribution >= 4 is 21.6 Å². The van der Waals surface area contributed by atoms with E-state index >= 15 is 0 Å². The minimum Gasteiger partial charge on any atom is -0.490 e. The monoisotopic (exact) mass is 487 g/mol. The highest BCUT2D eigenvalue weighted by Crippen LogP contribution is 2.25. The van der Waals surface area contributed by atoms with E-state index in [-0.39, 0.29) is 10.8 Å². The average Bonchev–Trinajstić information content (AvgIpc) is 2.84. The van der Waals surface area contributed by atoms with Crippen molar-refractivity contribution in [3.63, 3.8) is 0 Å². The molecule has 0 aliphatic carbocycles. The Morgan fingerprint density at radius 2 is 1.91 bits per heavy atom. The van der Waals surface area contributed by atoms with Crippen LogP contribution >= 0.6 is 0 Å². The van der Waals surface area contributed by atoms with Crippen molar-refractivity contribution in [2.75, 3.05) is 45.3 Å². The Hall–Kier alpha value is -2.72. The molecule has 2 aromatic carbocycles. The van der Waals surface area contributed by atoms with E-state index in [1.165, 1.54) is 10.4 Å². The van der Waals surface area contributed by atoms with Crippen molar-refractivity contribution in [2.24, 2.45) is 0 Å². The largest absolute Gasteiger partial charge is 0.490 e. The van der Waals surface area contributed by atoms with Crippen LogP contribution in [0.5, 0.6) is 5.75 Å². The minimum atomic E-state index is -3.66. The van der Waals surface area contributed by atoms with E-state index in [9.17, 15) is 13.2 Å². The van der Waals surface area contributed by atoms with Gasteiger partial charge in [-0.25, -0.2) is 8.42 Å². The summed E-state index contributed by atoms with van der Waals surface area (Å²) in [6.45, 7) is 9.62. The first-order valence-corrected chi connectivity index (χ1v) is 12.7. The number of morpholine rings is 1. The van der Waals surface area contributed by atoms with Gasteiger partial charge in [-0.05, 0) is 56.3 Å². The lowest BCUT2D eigenvalue weighted by atomic mass is 10.1. The van der Waals surface area contributed by atoms with E-state index in [2.05, 4.69) is 11.9 Å². The fourth-order valence-corrected chi connectivity index (χ4v) is 5.26. The Labute approximate surface area is 202 Å². The first-order chi connectivity index (χ1) is 16.2. The summed E-state index contributed by atoms with van der Waals surface area (Å²) in [4.78, 5) is 15.0. The van der Waals surface area contributed by atoms with E-state index in [4.69, 9.17) is 9.47 Å². The molecule has 1 aliphatic rings. The van der Waals surface area contributed by atoms with E-state index in [1.54, 1.807) is 25.1 Å². The van der Waals surface area contributed by atoms with Gasteiger partial charge in [0.25, 0.3) is 0 Å². The molecule has 1 saturated heterocycles. The standard InChI is InChI=1S/C25H33N3O5S/c1-5-14-33-23-10-7-21(8-11-23)18-27(4)20(3)25(29)26-22-9-6-19(2)24(17-22)34(30,31)28-12-15-32-16-13-28/h5-11,17,20H,1,12-16,18H2,2-4H3,(H,26,29). The Bertz CT molecular complexity index is 1100. The predicted octanol–water partition coefficient (Wildman–Crippen LogP) is 3.04. The molecule has 1 fully saturated rings. The van der Waals surface area contributed by atoms with Gasteiger partial charge in [0, 0.05) is 25.3 Å². The Balaban J connectivity index is 1.65. The van der Waals surface area contributed by atoms with Crippen LogP contribution in [0.3, 0.4) is 0 Å². The van der Waals surface area contributed by atoms with Crippen molar-refractivity contribution in [2.45, 2.75) is 31.3 Å². The third kappa shape index (κ3) is 6.44. The molecule has 184 valence electrons. The third-order valence-corrected chi connectivity index (χ3v) is 7.85. The second kappa shape index (κ2) is 11.6. The molecule has 1 amide bonds. The van der Waals surface area contributed by atoms with Gasteiger partial charge in [-0.15, -0.1) is 0 Å². The second-order valence-corrected chi connectivity index (χ2v) is 10.2. The van der Waals surface area contributed by atoms with Crippen LogP contribution in [0.4, 0.5) is 5.69 Å². The maximum absolute atomic E-state index is 13.1. The van der Waals surface area contributed by atoms with Crippen LogP contribution in [0, 0.1) is 6.92 Å². The van der Waals surface area contributed by atoms with Gasteiger partial charge in [-0.2, -0.15) is 4.31 Å². The van der Waals surface area contributed by atoms with Gasteiger partial charge < -0.3 is 14.8 Å². The molecule has 9 heteroatoms. The average molecular weight is 488 g/mol. The van der Waals surface area contributed by atoms with Crippen LogP contribution in [-0.4, -0.2) is 69.5 Å². The van der Waals surface area contributed by atoms with Crippen LogP contribution < -0.4 is 10.1 Å². The fraction of sp³-hybridized carbons (Fsp3) is 0.400. The maximum Gasteiger partial charge on any atom is 0.243 e. The summed E-state index contributed by atoms with van der Waals surface area (Å²) < 4.78 is 38.4. The van der Waals surface area contributed by atoms with Crippen LogP contribution in [-0.2, 0) is 26.1 Å². The van der Waals surface area contributed by atoms with E-state index < -0.39 is 16.1 Å². The number of likely N-dealkylation sites (N-methyl/N-ethyl adjacent to an activating group) is 1. The van der Waals surface area contributed by atoms with E-state index in [1.807, 2.05) is 43.1 Å². The quantitative estimate of drug-likeness (QED) is 0.519. The van der Waals surface area contributed by atoms with Crippen molar-refractivity contribution < 1.29 is 22.7 Å². The molecule has 1 unspecified atom stereocenters. The lowest BCUT2D eigenvalue weighted by molar-refractivity contribution is -0.120. The zero-order chi connectivity index (χ0) is 24.7. The fourth-order valence-electron chi connectivity index (χ4n) is 3.60. The number of nitrogens with zero attached hydrogens (tertiary/aromatic N) is 2. The Morgan fingerprint density at radius 3 is 2.56 bits per heavy atom. The predicted molar refractivity (Wildman–Crippen MR) is 132 cm³/mol. The molecule has 3 rings (SSSR count). The SMILES string of the molecule is C=CCOc1ccc(CN(C)C(C)C(=O)Nc2ccc(C)c(S(=O)(=O)N3CCOCC3)c2)cc1. The number of carbonyl (C=O) groups is 1. The van der Waals surface area contributed by atoms with Gasteiger partial charge in [-0.3, -0.25) is 9.69 Å². The molecular weight excluding hydrogens is 454 g/mol. The van der Waals surface area contributed by atoms with Crippen LogP contribution in [0.15, 0.2) is 60.0 Å². The number of rotatable bonds is 10. The van der Waals surface area contributed by atoms with Crippen molar-refractivity contribution in [3.05, 3.63) is 66.2 Å². The molecule has 0 bridgehead atoms. The summed E-state index contributed by atoms with van der Waals surface area (Å²) in [7, 11) is -1.79. The summed E-state index contributed by atoms with van der Waals surface area (Å²) in [6.07, 6.45) is 1.69. The smallest absolute Gasteiger partial charge is 0.243 e. The maximum atomic E-state index is 13.1. The molecule has 1 N–H and O–H groups in total. The summed E-state index contributed by atoms with van der Waals surface area (Å²) in [5.74, 6) is 0.548. The van der Waals surface area contributed by atoms with E-state index in [0.29, 0.717) is 50.7 Å². The topological polar surface area (TPSA) is 88.2 Å². The highest BCUT2D eigenvalue weighted by Gasteiger charge is 2.28. The lowest BCUT2D eigenvalue weighted by Gasteiger charge is -2.27. The molecular formula is C25H33N3O5S. The highest BCUT2D eigenvalue weighted by atomic mass is 32.2. The molecule has 1 heterocycles. The molecule has 0 aromatic heterocycles. The number of ether oxygens (including phenoxy) is 2. The normalized spacial score (nSPS) is 15.6. The number of hydrogen-bond donors (Lipinski definition) is 1. The minimum absolute atomic E-state index is 0.201. The second-order valence-electron chi connectivity index (χ2n) is 8.32. The third-order valence-electron chi connectivity index (χ3n) is 5.81. The number of sulfonamides is 1. The number of hydrogen-bond acceptors (Lipinski definition) is 6. The molecule has 8 nitrogen and oxygen atoms in total. The number of amides is 1. The van der Waals surface area contributed by atoms with Crippen molar-refractivity contribution in [3.8, 4) is 5.75 Å². The van der Waals surface area contributed by atoms with Crippen LogP contribution in [0.1, 0.15) is 18.1 Å². The van der Waals surface area contributed by atoms with Gasteiger partial charge in [0.1, 0.15) is 12.4 Å². The molecule has 0 saturated carbocycles. The molecule has 1 aliphatic heterocycles. The molecule has 0 spiro atoms. The highest BCUT2D eigenvalue weighted by molar-refractivity contribution is 7.89. The molecule has 34 heavy (non-hydrogen) atoms. The van der Waals surface area contributed by atoms with Gasteiger partial charge >= 0.3 is 0 Å². The number of anilines is 1. The molecule has 1 atom stereocenters. The molecule has 2 aromatic rings. The van der Waals surface area contributed by atoms with Gasteiger partial charge in [0.2, 0.25) is 15.9 Å². The van der Waals surface area contributed by atoms with Gasteiger partial charge in [-0.1, -0.05) is 30.9 Å². The molecule has 0 radical (unpaired) electrons. The first-order valence-electron chi connectivity index (χ1n) is 11.2. The number of nitrogens with one attached hydrogen (secondary N) is 1. The summed E-state index contributed by atoms with van der Waals surface area (Å²) >= 11 is 0. The van der Waals surface area contributed by atoms with Crippen LogP contribution in [0.2, 0.25) is 0 Å². The Morgan fingerprint density at radius 1 is 1.24 bits per heavy atom. The van der Waals surface area contributed by atoms with Crippen molar-refractivity contribution in [1.29, 1.82) is 0 Å². The van der Waals surface area contributed by atoms with Gasteiger partial charge in [0.05, 0.1) is 24.2 Å². The van der Waals surface area contributed by atoms with E-state index in [0.717, 1.165) is 11.3 Å². The Kier molecular flexibility index (Phi) is 8.84. The zero-order valence-corrected chi connectivity index (χ0v) is 20.8. The number of carbonyl (C=O) groups excluding carboxylic acids is 1. The zero-order valence-electron chi connectivity index (χ0n) is 20.0. The summed E-state index contributed by atoms with van der Waals surface area (Å²) in [6, 6.07) is 12.2. The van der Waals surface area contributed by atoms with Gasteiger partial charge in [0.15, 0.2) is 0 Å². The summed E-state index contributed by atoms with van der Waals surface area (Å²) in [5, 5.41) is 2.87. The number of aryl methyl sites for hydroxylation is 1.